The zero-order valence-corrected chi connectivity index (χ0v) is 7.23. The molecule has 0 heterocycles. The van der Waals surface area contributed by atoms with Gasteiger partial charge in [0, 0.05) is 11.8 Å². The second kappa shape index (κ2) is 2.32. The molecule has 3 rings (SSSR count). The smallest absolute Gasteiger partial charge is 0.178 e. The Morgan fingerprint density at radius 1 is 0.923 bits per heavy atom. The standard InChI is InChI=1S/C12H10O/c13-10-3-5-11-8-1-2-9(7-8)12(11)6-4-10/h1-6,8-9H,7H2. The monoisotopic (exact) mass is 170 g/mol. The molecule has 0 amide bonds. The Bertz CT molecular complexity index is 407. The van der Waals surface area contributed by atoms with Crippen molar-refractivity contribution in [3.05, 3.63) is 57.8 Å². The number of rotatable bonds is 0. The van der Waals surface area contributed by atoms with Gasteiger partial charge in [-0.2, -0.15) is 0 Å². The molecule has 0 saturated carbocycles. The molecule has 2 atom stereocenters. The Balaban J connectivity index is 2.30. The first-order chi connectivity index (χ1) is 6.34. The molecule has 0 radical (unpaired) electrons. The van der Waals surface area contributed by atoms with Gasteiger partial charge in [-0.3, -0.25) is 4.79 Å². The van der Waals surface area contributed by atoms with Crippen molar-refractivity contribution in [2.75, 3.05) is 0 Å². The van der Waals surface area contributed by atoms with Gasteiger partial charge in [-0.15, -0.1) is 0 Å². The highest BCUT2D eigenvalue weighted by molar-refractivity contribution is 5.46. The summed E-state index contributed by atoms with van der Waals surface area (Å²) in [6.07, 6.45) is 5.74. The third-order valence-electron chi connectivity index (χ3n) is 3.07. The minimum Gasteiger partial charge on any atom is -0.290 e. The molecule has 0 aliphatic heterocycles. The Hall–Kier alpha value is -1.37. The van der Waals surface area contributed by atoms with Gasteiger partial charge in [0.2, 0.25) is 0 Å². The Labute approximate surface area is 76.7 Å². The van der Waals surface area contributed by atoms with E-state index in [0.717, 1.165) is 0 Å². The summed E-state index contributed by atoms with van der Waals surface area (Å²) < 4.78 is 0. The van der Waals surface area contributed by atoms with Gasteiger partial charge < -0.3 is 0 Å². The van der Waals surface area contributed by atoms with Gasteiger partial charge in [0.05, 0.1) is 0 Å². The Morgan fingerprint density at radius 2 is 1.46 bits per heavy atom. The van der Waals surface area contributed by atoms with Crippen LogP contribution in [0, 0.1) is 0 Å². The number of allylic oxidation sites excluding steroid dienone is 2. The van der Waals surface area contributed by atoms with Gasteiger partial charge in [0.1, 0.15) is 0 Å². The summed E-state index contributed by atoms with van der Waals surface area (Å²) in [6, 6.07) is 7.33. The van der Waals surface area contributed by atoms with Crippen LogP contribution in [0.25, 0.3) is 0 Å². The van der Waals surface area contributed by atoms with Gasteiger partial charge in [0.25, 0.3) is 0 Å². The Morgan fingerprint density at radius 3 is 2.00 bits per heavy atom. The van der Waals surface area contributed by atoms with E-state index in [1.165, 1.54) is 17.5 Å². The maximum atomic E-state index is 11.1. The number of fused-ring (bicyclic) bond motifs is 5. The van der Waals surface area contributed by atoms with E-state index in [1.807, 2.05) is 12.1 Å². The topological polar surface area (TPSA) is 17.1 Å². The first kappa shape index (κ1) is 7.07. The fourth-order valence-electron chi connectivity index (χ4n) is 2.43. The fourth-order valence-corrected chi connectivity index (χ4v) is 2.43. The van der Waals surface area contributed by atoms with E-state index in [-0.39, 0.29) is 5.43 Å². The van der Waals surface area contributed by atoms with E-state index >= 15 is 0 Å². The highest BCUT2D eigenvalue weighted by Gasteiger charge is 2.31. The SMILES string of the molecule is O=c1ccc2c(cc1)C1C=CC2C1. The second-order valence-corrected chi connectivity index (χ2v) is 3.81. The van der Waals surface area contributed by atoms with Crippen molar-refractivity contribution in [3.8, 4) is 0 Å². The van der Waals surface area contributed by atoms with Crippen LogP contribution in [0.15, 0.2) is 41.2 Å². The zero-order valence-electron chi connectivity index (χ0n) is 7.23. The predicted molar refractivity (Wildman–Crippen MR) is 52.0 cm³/mol. The molecule has 1 nitrogen and oxygen atoms in total. The van der Waals surface area contributed by atoms with Crippen LogP contribution in [-0.4, -0.2) is 0 Å². The van der Waals surface area contributed by atoms with Crippen molar-refractivity contribution < 1.29 is 0 Å². The molecule has 0 spiro atoms. The average molecular weight is 170 g/mol. The van der Waals surface area contributed by atoms with E-state index in [0.29, 0.717) is 11.8 Å². The molecule has 2 bridgehead atoms. The summed E-state index contributed by atoms with van der Waals surface area (Å²) in [7, 11) is 0. The van der Waals surface area contributed by atoms with Crippen LogP contribution in [0.3, 0.4) is 0 Å². The van der Waals surface area contributed by atoms with Gasteiger partial charge >= 0.3 is 0 Å². The average Bonchev–Trinajstić information content (AvgIpc) is 2.66. The molecule has 64 valence electrons. The molecule has 0 aromatic heterocycles. The highest BCUT2D eigenvalue weighted by Crippen LogP contribution is 2.47. The third kappa shape index (κ3) is 0.902. The van der Waals surface area contributed by atoms with Crippen LogP contribution < -0.4 is 5.43 Å². The van der Waals surface area contributed by atoms with Gasteiger partial charge in [-0.1, -0.05) is 24.3 Å². The molecule has 0 N–H and O–H groups in total. The van der Waals surface area contributed by atoms with Gasteiger partial charge in [-0.25, -0.2) is 0 Å². The van der Waals surface area contributed by atoms with E-state index < -0.39 is 0 Å². The lowest BCUT2D eigenvalue weighted by Gasteiger charge is -2.05. The summed E-state index contributed by atoms with van der Waals surface area (Å²) in [4.78, 5) is 11.1. The van der Waals surface area contributed by atoms with E-state index in [1.54, 1.807) is 12.1 Å². The van der Waals surface area contributed by atoms with E-state index in [4.69, 9.17) is 0 Å². The summed E-state index contributed by atoms with van der Waals surface area (Å²) in [5.74, 6) is 1.15. The van der Waals surface area contributed by atoms with E-state index in [9.17, 15) is 4.79 Å². The molecule has 1 aromatic rings. The normalized spacial score (nSPS) is 27.7. The van der Waals surface area contributed by atoms with E-state index in [2.05, 4.69) is 12.2 Å². The van der Waals surface area contributed by atoms with Gasteiger partial charge in [-0.05, 0) is 29.7 Å². The second-order valence-electron chi connectivity index (χ2n) is 3.81. The molecular formula is C12H10O. The van der Waals surface area contributed by atoms with Crippen molar-refractivity contribution in [2.24, 2.45) is 0 Å². The molecule has 2 aliphatic rings. The summed E-state index contributed by atoms with van der Waals surface area (Å²) in [5.41, 5.74) is 2.82. The maximum absolute atomic E-state index is 11.1. The predicted octanol–water partition coefficient (Wildman–Crippen LogP) is 2.19. The van der Waals surface area contributed by atoms with Crippen LogP contribution in [0.1, 0.15) is 29.4 Å². The fraction of sp³-hybridized carbons (Fsp3) is 0.250. The first-order valence-electron chi connectivity index (χ1n) is 4.67. The summed E-state index contributed by atoms with van der Waals surface area (Å²) >= 11 is 0. The number of hydrogen-bond acceptors (Lipinski definition) is 1. The van der Waals surface area contributed by atoms with Crippen LogP contribution in [-0.2, 0) is 0 Å². The van der Waals surface area contributed by atoms with Crippen molar-refractivity contribution >= 4 is 0 Å². The van der Waals surface area contributed by atoms with Gasteiger partial charge in [0.15, 0.2) is 5.43 Å². The van der Waals surface area contributed by atoms with Crippen molar-refractivity contribution in [1.82, 2.24) is 0 Å². The van der Waals surface area contributed by atoms with Crippen LogP contribution in [0.2, 0.25) is 0 Å². The maximum Gasteiger partial charge on any atom is 0.178 e. The largest absolute Gasteiger partial charge is 0.290 e. The Kier molecular flexibility index (Phi) is 1.26. The molecule has 2 aliphatic carbocycles. The molecule has 1 aromatic carbocycles. The molecule has 1 heteroatoms. The lowest BCUT2D eigenvalue weighted by Crippen LogP contribution is -1.89. The van der Waals surface area contributed by atoms with Crippen LogP contribution in [0.4, 0.5) is 0 Å². The first-order valence-corrected chi connectivity index (χ1v) is 4.67. The summed E-state index contributed by atoms with van der Waals surface area (Å²) in [6.45, 7) is 0. The van der Waals surface area contributed by atoms with Crippen LogP contribution >= 0.6 is 0 Å². The number of hydrogen-bond donors (Lipinski definition) is 0. The zero-order chi connectivity index (χ0) is 8.84. The molecule has 0 fully saturated rings. The summed E-state index contributed by atoms with van der Waals surface area (Å²) in [5, 5.41) is 0. The molecule has 2 unspecified atom stereocenters. The lowest BCUT2D eigenvalue weighted by atomic mass is 10.00. The quantitative estimate of drug-likeness (QED) is 0.545. The minimum absolute atomic E-state index is 0.105. The van der Waals surface area contributed by atoms with Crippen LogP contribution in [0.5, 0.6) is 0 Å². The third-order valence-corrected chi connectivity index (χ3v) is 3.07. The lowest BCUT2D eigenvalue weighted by molar-refractivity contribution is 0.803. The molecular weight excluding hydrogens is 160 g/mol. The van der Waals surface area contributed by atoms with Crippen molar-refractivity contribution in [3.63, 3.8) is 0 Å². The van der Waals surface area contributed by atoms with Crippen molar-refractivity contribution in [2.45, 2.75) is 18.3 Å². The highest BCUT2D eigenvalue weighted by atomic mass is 16.1. The molecule has 13 heavy (non-hydrogen) atoms. The van der Waals surface area contributed by atoms with Crippen molar-refractivity contribution in [1.29, 1.82) is 0 Å². The molecule has 0 saturated heterocycles. The minimum atomic E-state index is 0.105.